The van der Waals surface area contributed by atoms with Gasteiger partial charge in [-0.2, -0.15) is 0 Å². The third-order valence-electron chi connectivity index (χ3n) is 6.11. The first kappa shape index (κ1) is 23.2. The number of nitrogens with zero attached hydrogens (tertiary/aromatic N) is 2. The minimum Gasteiger partial charge on any atom is -0.497 e. The number of benzene rings is 3. The fourth-order valence-electron chi connectivity index (χ4n) is 4.29. The fraction of sp³-hybridized carbons (Fsp3) is 0.308. The predicted molar refractivity (Wildman–Crippen MR) is 129 cm³/mol. The monoisotopic (exact) mass is 462 g/mol. The van der Waals surface area contributed by atoms with E-state index >= 15 is 0 Å². The van der Waals surface area contributed by atoms with Crippen molar-refractivity contribution >= 4 is 33.9 Å². The van der Waals surface area contributed by atoms with Gasteiger partial charge >= 0.3 is 5.97 Å². The maximum absolute atomic E-state index is 12.6. The molecule has 0 spiro atoms. The van der Waals surface area contributed by atoms with Gasteiger partial charge < -0.3 is 14.4 Å². The van der Waals surface area contributed by atoms with Crippen LogP contribution in [-0.4, -0.2) is 43.5 Å². The predicted octanol–water partition coefficient (Wildman–Crippen LogP) is 5.03. The number of piperidine rings is 1. The number of ketones is 1. The largest absolute Gasteiger partial charge is 0.497 e. The number of anilines is 1. The highest BCUT2D eigenvalue weighted by Crippen LogP contribution is 2.32. The van der Waals surface area contributed by atoms with Crippen molar-refractivity contribution in [3.05, 3.63) is 75.8 Å². The van der Waals surface area contributed by atoms with Gasteiger partial charge in [-0.3, -0.25) is 14.9 Å². The van der Waals surface area contributed by atoms with E-state index in [1.54, 1.807) is 37.4 Å². The molecule has 1 saturated heterocycles. The molecule has 34 heavy (non-hydrogen) atoms. The molecule has 0 radical (unpaired) electrons. The molecule has 176 valence electrons. The number of hydrogen-bond donors (Lipinski definition) is 0. The third kappa shape index (κ3) is 5.01. The summed E-state index contributed by atoms with van der Waals surface area (Å²) >= 11 is 0. The molecule has 0 bridgehead atoms. The molecule has 1 aliphatic heterocycles. The Morgan fingerprint density at radius 3 is 2.53 bits per heavy atom. The standard InChI is InChI=1S/C26H26N2O6/c1-17-4-3-11-27(15-17)23-10-8-21(14-24(23)28(31)32)26(30)34-16-25(29)20-6-5-19-13-22(33-2)9-7-18(19)12-20/h5-10,12-14,17H,3-4,11,15-16H2,1-2H3. The molecule has 0 amide bonds. The van der Waals surface area contributed by atoms with E-state index in [0.29, 0.717) is 17.2 Å². The van der Waals surface area contributed by atoms with Gasteiger partial charge in [0.25, 0.3) is 5.69 Å². The van der Waals surface area contributed by atoms with E-state index in [-0.39, 0.29) is 17.0 Å². The summed E-state index contributed by atoms with van der Waals surface area (Å²) in [5, 5.41) is 13.5. The highest BCUT2D eigenvalue weighted by atomic mass is 16.6. The number of nitro groups is 1. The molecule has 8 heteroatoms. The van der Waals surface area contributed by atoms with Crippen LogP contribution in [0.15, 0.2) is 54.6 Å². The summed E-state index contributed by atoms with van der Waals surface area (Å²) in [6, 6.07) is 15.0. The summed E-state index contributed by atoms with van der Waals surface area (Å²) in [5.74, 6) is 0.0246. The third-order valence-corrected chi connectivity index (χ3v) is 6.11. The molecule has 1 aliphatic rings. The number of rotatable bonds is 7. The molecular weight excluding hydrogens is 436 g/mol. The van der Waals surface area contributed by atoms with Crippen LogP contribution in [0.1, 0.15) is 40.5 Å². The smallest absolute Gasteiger partial charge is 0.338 e. The van der Waals surface area contributed by atoms with Gasteiger partial charge in [-0.25, -0.2) is 4.79 Å². The van der Waals surface area contributed by atoms with Gasteiger partial charge in [0.1, 0.15) is 11.4 Å². The lowest BCUT2D eigenvalue weighted by molar-refractivity contribution is -0.384. The van der Waals surface area contributed by atoms with Crippen LogP contribution in [0.4, 0.5) is 11.4 Å². The lowest BCUT2D eigenvalue weighted by atomic mass is 9.99. The number of ether oxygens (including phenoxy) is 2. The topological polar surface area (TPSA) is 99.0 Å². The highest BCUT2D eigenvalue weighted by molar-refractivity contribution is 6.02. The summed E-state index contributed by atoms with van der Waals surface area (Å²) in [6.45, 7) is 3.13. The van der Waals surface area contributed by atoms with Gasteiger partial charge in [-0.05, 0) is 59.9 Å². The Morgan fingerprint density at radius 2 is 1.79 bits per heavy atom. The van der Waals surface area contributed by atoms with Gasteiger partial charge in [0.05, 0.1) is 17.6 Å². The second-order valence-corrected chi connectivity index (χ2v) is 8.58. The molecule has 0 N–H and O–H groups in total. The Bertz CT molecular complexity index is 1260. The van der Waals surface area contributed by atoms with Crippen molar-refractivity contribution in [3.63, 3.8) is 0 Å². The second-order valence-electron chi connectivity index (χ2n) is 8.58. The zero-order chi connectivity index (χ0) is 24.2. The Balaban J connectivity index is 1.46. The Morgan fingerprint density at radius 1 is 1.06 bits per heavy atom. The molecule has 0 aliphatic carbocycles. The average Bonchev–Trinajstić information content (AvgIpc) is 2.85. The van der Waals surface area contributed by atoms with Crippen LogP contribution in [0.25, 0.3) is 10.8 Å². The van der Waals surface area contributed by atoms with Crippen LogP contribution in [0.3, 0.4) is 0 Å². The molecule has 3 aromatic carbocycles. The Hall–Kier alpha value is -3.94. The van der Waals surface area contributed by atoms with Crippen molar-refractivity contribution < 1.29 is 24.0 Å². The number of hydrogen-bond acceptors (Lipinski definition) is 7. The summed E-state index contributed by atoms with van der Waals surface area (Å²) < 4.78 is 10.4. The number of nitro benzene ring substituents is 1. The Kier molecular flexibility index (Phi) is 6.77. The molecule has 0 saturated carbocycles. The zero-order valence-corrected chi connectivity index (χ0v) is 19.2. The van der Waals surface area contributed by atoms with Gasteiger partial charge in [-0.1, -0.05) is 25.1 Å². The first-order chi connectivity index (χ1) is 16.4. The molecule has 1 atom stereocenters. The van der Waals surface area contributed by atoms with Crippen molar-refractivity contribution in [1.82, 2.24) is 0 Å². The normalized spacial score (nSPS) is 15.7. The van der Waals surface area contributed by atoms with Crippen molar-refractivity contribution in [3.8, 4) is 5.75 Å². The molecule has 4 rings (SSSR count). The minimum absolute atomic E-state index is 0.0407. The van der Waals surface area contributed by atoms with Crippen molar-refractivity contribution in [2.75, 3.05) is 31.7 Å². The summed E-state index contributed by atoms with van der Waals surface area (Å²) in [6.07, 6.45) is 2.06. The molecular formula is C26H26N2O6. The van der Waals surface area contributed by atoms with Crippen LogP contribution < -0.4 is 9.64 Å². The number of methoxy groups -OCH3 is 1. The maximum Gasteiger partial charge on any atom is 0.338 e. The van der Waals surface area contributed by atoms with Crippen molar-refractivity contribution in [2.45, 2.75) is 19.8 Å². The molecule has 3 aromatic rings. The van der Waals surface area contributed by atoms with E-state index < -0.39 is 17.5 Å². The van der Waals surface area contributed by atoms with Crippen molar-refractivity contribution in [2.24, 2.45) is 5.92 Å². The molecule has 0 aromatic heterocycles. The van der Waals surface area contributed by atoms with Crippen LogP contribution in [0, 0.1) is 16.0 Å². The molecule has 1 heterocycles. The first-order valence-corrected chi connectivity index (χ1v) is 11.2. The van der Waals surface area contributed by atoms with E-state index in [0.717, 1.165) is 42.5 Å². The van der Waals surface area contributed by atoms with Gasteiger partial charge in [-0.15, -0.1) is 0 Å². The van der Waals surface area contributed by atoms with Gasteiger partial charge in [0.2, 0.25) is 0 Å². The van der Waals surface area contributed by atoms with Crippen LogP contribution in [-0.2, 0) is 4.74 Å². The maximum atomic E-state index is 12.6. The van der Waals surface area contributed by atoms with E-state index in [2.05, 4.69) is 6.92 Å². The molecule has 8 nitrogen and oxygen atoms in total. The lowest BCUT2D eigenvalue weighted by Gasteiger charge is -2.32. The first-order valence-electron chi connectivity index (χ1n) is 11.2. The quantitative estimate of drug-likeness (QED) is 0.210. The van der Waals surface area contributed by atoms with Gasteiger partial charge in [0, 0.05) is 24.7 Å². The van der Waals surface area contributed by atoms with Crippen LogP contribution in [0.5, 0.6) is 5.75 Å². The van der Waals surface area contributed by atoms with E-state index in [4.69, 9.17) is 9.47 Å². The van der Waals surface area contributed by atoms with E-state index in [1.807, 2.05) is 17.0 Å². The van der Waals surface area contributed by atoms with Gasteiger partial charge in [0.15, 0.2) is 12.4 Å². The number of fused-ring (bicyclic) bond motifs is 1. The summed E-state index contributed by atoms with van der Waals surface area (Å²) in [4.78, 5) is 38.3. The Labute approximate surface area is 197 Å². The van der Waals surface area contributed by atoms with E-state index in [1.165, 1.54) is 12.1 Å². The van der Waals surface area contributed by atoms with Crippen LogP contribution >= 0.6 is 0 Å². The highest BCUT2D eigenvalue weighted by Gasteiger charge is 2.25. The number of carbonyl (C=O) groups excluding carboxylic acids is 2. The SMILES string of the molecule is COc1ccc2cc(C(=O)COC(=O)c3ccc(N4CCCC(C)C4)c([N+](=O)[O-])c3)ccc2c1. The zero-order valence-electron chi connectivity index (χ0n) is 19.2. The lowest BCUT2D eigenvalue weighted by Crippen LogP contribution is -2.34. The average molecular weight is 463 g/mol. The number of esters is 1. The number of Topliss-reactive ketones (excluding diaryl/α,β-unsaturated/α-hetero) is 1. The summed E-state index contributed by atoms with van der Waals surface area (Å²) in [7, 11) is 1.59. The molecule has 1 unspecified atom stereocenters. The van der Waals surface area contributed by atoms with Crippen molar-refractivity contribution in [1.29, 1.82) is 0 Å². The molecule has 1 fully saturated rings. The fourth-order valence-corrected chi connectivity index (χ4v) is 4.29. The number of carbonyl (C=O) groups is 2. The van der Waals surface area contributed by atoms with Crippen LogP contribution in [0.2, 0.25) is 0 Å². The minimum atomic E-state index is -0.777. The van der Waals surface area contributed by atoms with E-state index in [9.17, 15) is 19.7 Å². The summed E-state index contributed by atoms with van der Waals surface area (Å²) in [5.41, 5.74) is 0.807. The second kappa shape index (κ2) is 9.91.